The Balaban J connectivity index is 1.45. The summed E-state index contributed by atoms with van der Waals surface area (Å²) in [7, 11) is 0. The highest BCUT2D eigenvalue weighted by molar-refractivity contribution is 6.29. The minimum Gasteiger partial charge on any atom is -0.449 e. The molecule has 0 bridgehead atoms. The topological polar surface area (TPSA) is 59.5 Å². The van der Waals surface area contributed by atoms with Crippen molar-refractivity contribution in [3.05, 3.63) is 63.9 Å². The lowest BCUT2D eigenvalue weighted by molar-refractivity contribution is -0.134. The molecule has 8 heteroatoms. The van der Waals surface area contributed by atoms with Gasteiger partial charge >= 0.3 is 5.97 Å². The van der Waals surface area contributed by atoms with Crippen molar-refractivity contribution in [2.75, 3.05) is 13.1 Å². The first-order valence-electron chi connectivity index (χ1n) is 8.99. The maximum atomic E-state index is 14.3. The standard InChI is InChI=1S/C20H15ClF2N2O3/c21-16-8-14-12(9-24-16)17(26)28-20(14)5-6-25(10-20)18(27)19(3-4-19)13-2-1-11(22)7-15(13)23/h1-2,7-9H,3-6,10H2. The monoisotopic (exact) mass is 404 g/mol. The maximum absolute atomic E-state index is 14.3. The third kappa shape index (κ3) is 2.38. The Labute approximate surface area is 164 Å². The molecule has 2 aliphatic heterocycles. The number of esters is 1. The van der Waals surface area contributed by atoms with E-state index in [1.807, 2.05) is 0 Å². The van der Waals surface area contributed by atoms with Gasteiger partial charge in [-0.1, -0.05) is 17.7 Å². The zero-order valence-corrected chi connectivity index (χ0v) is 15.4. The van der Waals surface area contributed by atoms with Crippen LogP contribution in [0.5, 0.6) is 0 Å². The number of fused-ring (bicyclic) bond motifs is 2. The molecule has 144 valence electrons. The molecule has 1 aliphatic carbocycles. The van der Waals surface area contributed by atoms with Gasteiger partial charge in [0.15, 0.2) is 5.60 Å². The van der Waals surface area contributed by atoms with Crippen LogP contribution in [0.3, 0.4) is 0 Å². The third-order valence-electron chi connectivity index (χ3n) is 5.99. The highest BCUT2D eigenvalue weighted by atomic mass is 35.5. The largest absolute Gasteiger partial charge is 0.449 e. The smallest absolute Gasteiger partial charge is 0.341 e. The van der Waals surface area contributed by atoms with Gasteiger partial charge in [-0.05, 0) is 25.0 Å². The van der Waals surface area contributed by atoms with Crippen LogP contribution in [0.15, 0.2) is 30.5 Å². The van der Waals surface area contributed by atoms with E-state index >= 15 is 0 Å². The molecule has 2 fully saturated rings. The van der Waals surface area contributed by atoms with Crippen LogP contribution in [-0.2, 0) is 20.5 Å². The van der Waals surface area contributed by atoms with Gasteiger partial charge in [-0.15, -0.1) is 0 Å². The zero-order valence-electron chi connectivity index (χ0n) is 14.7. The van der Waals surface area contributed by atoms with E-state index in [1.165, 1.54) is 18.3 Å². The summed E-state index contributed by atoms with van der Waals surface area (Å²) in [6, 6.07) is 4.92. The van der Waals surface area contributed by atoms with Crippen LogP contribution in [0.25, 0.3) is 0 Å². The molecule has 1 aromatic heterocycles. The van der Waals surface area contributed by atoms with Crippen LogP contribution in [0.4, 0.5) is 8.78 Å². The molecule has 1 saturated heterocycles. The van der Waals surface area contributed by atoms with Crippen molar-refractivity contribution in [1.82, 2.24) is 9.88 Å². The number of hydrogen-bond donors (Lipinski definition) is 0. The predicted octanol–water partition coefficient (Wildman–Crippen LogP) is 3.34. The number of benzene rings is 1. The van der Waals surface area contributed by atoms with Crippen LogP contribution in [0, 0.1) is 11.6 Å². The fourth-order valence-corrected chi connectivity index (χ4v) is 4.58. The Morgan fingerprint density at radius 2 is 1.96 bits per heavy atom. The van der Waals surface area contributed by atoms with E-state index in [0.29, 0.717) is 36.9 Å². The van der Waals surface area contributed by atoms with Crippen LogP contribution in [0.2, 0.25) is 5.15 Å². The lowest BCUT2D eigenvalue weighted by Gasteiger charge is -2.27. The molecule has 28 heavy (non-hydrogen) atoms. The second-order valence-corrected chi connectivity index (χ2v) is 8.01. The second-order valence-electron chi connectivity index (χ2n) is 7.62. The van der Waals surface area contributed by atoms with Gasteiger partial charge in [-0.25, -0.2) is 18.6 Å². The number of aromatic nitrogens is 1. The van der Waals surface area contributed by atoms with Gasteiger partial charge in [0, 0.05) is 36.4 Å². The van der Waals surface area contributed by atoms with Crippen LogP contribution < -0.4 is 0 Å². The van der Waals surface area contributed by atoms with Crippen molar-refractivity contribution in [3.63, 3.8) is 0 Å². The van der Waals surface area contributed by atoms with Crippen molar-refractivity contribution in [2.24, 2.45) is 0 Å². The molecule has 1 saturated carbocycles. The number of likely N-dealkylation sites (tertiary alicyclic amines) is 1. The van der Waals surface area contributed by atoms with Gasteiger partial charge in [0.05, 0.1) is 17.5 Å². The van der Waals surface area contributed by atoms with Gasteiger partial charge in [-0.3, -0.25) is 4.79 Å². The number of carbonyl (C=O) groups excluding carboxylic acids is 2. The maximum Gasteiger partial charge on any atom is 0.341 e. The van der Waals surface area contributed by atoms with Crippen molar-refractivity contribution >= 4 is 23.5 Å². The summed E-state index contributed by atoms with van der Waals surface area (Å²) in [5.74, 6) is -2.10. The van der Waals surface area contributed by atoms with E-state index in [0.717, 1.165) is 6.07 Å². The quantitative estimate of drug-likeness (QED) is 0.569. The Hall–Kier alpha value is -2.54. The Kier molecular flexibility index (Phi) is 3.59. The van der Waals surface area contributed by atoms with E-state index in [4.69, 9.17) is 16.3 Å². The minimum atomic E-state index is -0.968. The SMILES string of the molecule is O=C1OC2(CCN(C(=O)C3(c4ccc(F)cc4F)CC3)C2)c2cc(Cl)ncc21. The number of hydrogen-bond acceptors (Lipinski definition) is 4. The first-order chi connectivity index (χ1) is 13.3. The van der Waals surface area contributed by atoms with Gasteiger partial charge < -0.3 is 9.64 Å². The normalized spacial score (nSPS) is 24.4. The number of rotatable bonds is 2. The lowest BCUT2D eigenvalue weighted by atomic mass is 9.92. The molecule has 3 heterocycles. The number of ether oxygens (including phenoxy) is 1. The summed E-state index contributed by atoms with van der Waals surface area (Å²) in [5.41, 5.74) is -0.720. The summed E-state index contributed by atoms with van der Waals surface area (Å²) in [4.78, 5) is 31.0. The zero-order chi connectivity index (χ0) is 19.7. The van der Waals surface area contributed by atoms with Gasteiger partial charge in [0.2, 0.25) is 5.91 Å². The molecule has 0 radical (unpaired) electrons. The minimum absolute atomic E-state index is 0.176. The van der Waals surface area contributed by atoms with Crippen molar-refractivity contribution in [3.8, 4) is 0 Å². The molecule has 1 atom stereocenters. The number of pyridine rings is 1. The first-order valence-corrected chi connectivity index (χ1v) is 9.37. The Morgan fingerprint density at radius 1 is 1.18 bits per heavy atom. The van der Waals surface area contributed by atoms with Crippen LogP contribution >= 0.6 is 11.6 Å². The summed E-state index contributed by atoms with van der Waals surface area (Å²) in [6.45, 7) is 0.547. The molecule has 5 rings (SSSR count). The molecule has 1 spiro atoms. The van der Waals surface area contributed by atoms with Crippen molar-refractivity contribution in [2.45, 2.75) is 30.3 Å². The van der Waals surface area contributed by atoms with E-state index in [1.54, 1.807) is 11.0 Å². The van der Waals surface area contributed by atoms with E-state index < -0.39 is 28.6 Å². The molecule has 5 nitrogen and oxygen atoms in total. The molecule has 1 aromatic carbocycles. The summed E-state index contributed by atoms with van der Waals surface area (Å²) >= 11 is 5.99. The molecule has 0 N–H and O–H groups in total. The predicted molar refractivity (Wildman–Crippen MR) is 94.8 cm³/mol. The summed E-state index contributed by atoms with van der Waals surface area (Å²) in [5, 5.41) is 0.244. The van der Waals surface area contributed by atoms with Gasteiger partial charge in [-0.2, -0.15) is 0 Å². The highest BCUT2D eigenvalue weighted by Crippen LogP contribution is 2.52. The highest BCUT2D eigenvalue weighted by Gasteiger charge is 2.58. The number of carbonyl (C=O) groups is 2. The molecular formula is C20H15ClF2N2O3. The van der Waals surface area contributed by atoms with E-state index in [2.05, 4.69) is 4.98 Å². The average Bonchev–Trinajstić information content (AvgIpc) is 3.27. The first kappa shape index (κ1) is 17.6. The Bertz CT molecular complexity index is 1040. The van der Waals surface area contributed by atoms with Crippen molar-refractivity contribution in [1.29, 1.82) is 0 Å². The van der Waals surface area contributed by atoms with E-state index in [-0.39, 0.29) is 23.2 Å². The summed E-state index contributed by atoms with van der Waals surface area (Å²) in [6.07, 6.45) is 2.82. The number of nitrogens with zero attached hydrogens (tertiary/aromatic N) is 2. The van der Waals surface area contributed by atoms with Gasteiger partial charge in [0.25, 0.3) is 0 Å². The fraction of sp³-hybridized carbons (Fsp3) is 0.350. The van der Waals surface area contributed by atoms with Gasteiger partial charge in [0.1, 0.15) is 16.8 Å². The lowest BCUT2D eigenvalue weighted by Crippen LogP contribution is -2.40. The third-order valence-corrected chi connectivity index (χ3v) is 6.20. The molecule has 1 amide bonds. The second kappa shape index (κ2) is 5.73. The molecule has 3 aliphatic rings. The van der Waals surface area contributed by atoms with Crippen LogP contribution in [-0.4, -0.2) is 34.8 Å². The average molecular weight is 405 g/mol. The number of amides is 1. The van der Waals surface area contributed by atoms with Crippen molar-refractivity contribution < 1.29 is 23.1 Å². The molecule has 2 aromatic rings. The number of halogens is 3. The van der Waals surface area contributed by atoms with E-state index in [9.17, 15) is 18.4 Å². The summed E-state index contributed by atoms with van der Waals surface area (Å²) < 4.78 is 33.2. The van der Waals surface area contributed by atoms with Crippen LogP contribution in [0.1, 0.15) is 40.7 Å². The fourth-order valence-electron chi connectivity index (χ4n) is 4.42. The molecule has 1 unspecified atom stereocenters. The molecular weight excluding hydrogens is 390 g/mol. The Morgan fingerprint density at radius 3 is 2.68 bits per heavy atom.